The minimum Gasteiger partial charge on any atom is -0.467 e. The summed E-state index contributed by atoms with van der Waals surface area (Å²) in [5.41, 5.74) is 1.25. The SMILES string of the molecule is O=C(NCc1ccccc1)[C@H]1CCCN1c1nc2ncnc(OCC(F)(F)F)c2s1. The van der Waals surface area contributed by atoms with Crippen LogP contribution in [0.4, 0.5) is 18.3 Å². The van der Waals surface area contributed by atoms with Crippen LogP contribution in [0.25, 0.3) is 10.3 Å². The fourth-order valence-corrected chi connectivity index (χ4v) is 4.31. The van der Waals surface area contributed by atoms with Crippen LogP contribution in [0, 0.1) is 0 Å². The second-order valence-corrected chi connectivity index (χ2v) is 7.76. The van der Waals surface area contributed by atoms with Crippen LogP contribution in [0.1, 0.15) is 18.4 Å². The number of nitrogens with zero attached hydrogens (tertiary/aromatic N) is 4. The molecule has 158 valence electrons. The molecule has 11 heteroatoms. The molecule has 0 spiro atoms. The molecule has 1 fully saturated rings. The lowest BCUT2D eigenvalue weighted by atomic mass is 10.2. The first-order valence-electron chi connectivity index (χ1n) is 9.30. The van der Waals surface area contributed by atoms with Crippen molar-refractivity contribution in [2.24, 2.45) is 0 Å². The Morgan fingerprint density at radius 2 is 2.07 bits per heavy atom. The second kappa shape index (κ2) is 8.42. The summed E-state index contributed by atoms with van der Waals surface area (Å²) in [5.74, 6) is -0.277. The molecule has 0 radical (unpaired) electrons. The van der Waals surface area contributed by atoms with Crippen LogP contribution >= 0.6 is 11.3 Å². The van der Waals surface area contributed by atoms with Gasteiger partial charge in [0, 0.05) is 13.1 Å². The Balaban J connectivity index is 1.50. The minimum atomic E-state index is -4.47. The topological polar surface area (TPSA) is 80.2 Å². The van der Waals surface area contributed by atoms with Crippen LogP contribution < -0.4 is 15.0 Å². The number of carbonyl (C=O) groups excluding carboxylic acids is 1. The lowest BCUT2D eigenvalue weighted by molar-refractivity contribution is -0.153. The van der Waals surface area contributed by atoms with E-state index >= 15 is 0 Å². The highest BCUT2D eigenvalue weighted by Gasteiger charge is 2.33. The van der Waals surface area contributed by atoms with Gasteiger partial charge in [-0.2, -0.15) is 18.2 Å². The molecule has 30 heavy (non-hydrogen) atoms. The first kappa shape index (κ1) is 20.3. The van der Waals surface area contributed by atoms with Crippen molar-refractivity contribution in [1.29, 1.82) is 0 Å². The van der Waals surface area contributed by atoms with Gasteiger partial charge in [-0.1, -0.05) is 41.7 Å². The van der Waals surface area contributed by atoms with E-state index in [1.165, 1.54) is 0 Å². The number of ether oxygens (including phenoxy) is 1. The summed E-state index contributed by atoms with van der Waals surface area (Å²) in [6, 6.07) is 9.19. The van der Waals surface area contributed by atoms with Crippen LogP contribution in [-0.4, -0.2) is 46.2 Å². The maximum absolute atomic E-state index is 12.7. The molecule has 7 nitrogen and oxygen atoms in total. The number of hydrogen-bond donors (Lipinski definition) is 1. The number of halogens is 3. The average molecular weight is 437 g/mol. The fourth-order valence-electron chi connectivity index (χ4n) is 3.27. The number of benzene rings is 1. The molecule has 1 aliphatic rings. The predicted octanol–water partition coefficient (Wildman–Crippen LogP) is 3.31. The molecular formula is C19H18F3N5O2S. The Kier molecular flexibility index (Phi) is 5.71. The number of hydrogen-bond acceptors (Lipinski definition) is 7. The molecule has 2 aromatic heterocycles. The molecule has 0 unspecified atom stereocenters. The van der Waals surface area contributed by atoms with Gasteiger partial charge in [0.15, 0.2) is 17.4 Å². The number of amides is 1. The van der Waals surface area contributed by atoms with Gasteiger partial charge in [0.1, 0.15) is 17.1 Å². The van der Waals surface area contributed by atoms with Gasteiger partial charge in [0.05, 0.1) is 0 Å². The number of rotatable bonds is 6. The van der Waals surface area contributed by atoms with E-state index in [1.54, 1.807) is 0 Å². The summed E-state index contributed by atoms with van der Waals surface area (Å²) >= 11 is 1.12. The number of anilines is 1. The van der Waals surface area contributed by atoms with E-state index in [4.69, 9.17) is 4.74 Å². The predicted molar refractivity (Wildman–Crippen MR) is 105 cm³/mol. The Morgan fingerprint density at radius 1 is 1.27 bits per heavy atom. The maximum atomic E-state index is 12.7. The van der Waals surface area contributed by atoms with Crippen LogP contribution in [0.5, 0.6) is 5.88 Å². The third-order valence-electron chi connectivity index (χ3n) is 4.63. The van der Waals surface area contributed by atoms with Gasteiger partial charge in [0.2, 0.25) is 11.8 Å². The number of carbonyl (C=O) groups is 1. The molecule has 0 saturated carbocycles. The van der Waals surface area contributed by atoms with Crippen molar-refractivity contribution < 1.29 is 22.7 Å². The summed E-state index contributed by atoms with van der Waals surface area (Å²) in [7, 11) is 0. The normalized spacial score (nSPS) is 16.8. The Bertz CT molecular complexity index is 1030. The van der Waals surface area contributed by atoms with Crippen LogP contribution in [0.2, 0.25) is 0 Å². The molecule has 1 atom stereocenters. The third kappa shape index (κ3) is 4.61. The fraction of sp³-hybridized carbons (Fsp3) is 0.368. The van der Waals surface area contributed by atoms with E-state index in [9.17, 15) is 18.0 Å². The molecule has 1 aromatic carbocycles. The highest BCUT2D eigenvalue weighted by atomic mass is 32.1. The van der Waals surface area contributed by atoms with Crippen molar-refractivity contribution >= 4 is 32.7 Å². The van der Waals surface area contributed by atoms with Gasteiger partial charge in [-0.25, -0.2) is 9.97 Å². The lowest BCUT2D eigenvalue weighted by Crippen LogP contribution is -2.43. The number of nitrogens with one attached hydrogen (secondary N) is 1. The molecule has 1 amide bonds. The third-order valence-corrected chi connectivity index (χ3v) is 5.70. The van der Waals surface area contributed by atoms with E-state index in [2.05, 4.69) is 20.3 Å². The number of thiazole rings is 1. The van der Waals surface area contributed by atoms with Crippen molar-refractivity contribution in [3.63, 3.8) is 0 Å². The minimum absolute atomic E-state index is 0.116. The lowest BCUT2D eigenvalue weighted by Gasteiger charge is -2.23. The standard InChI is InChI=1S/C19H18F3N5O2S/c20-19(21,22)10-29-17-14-15(24-11-25-17)26-18(30-14)27-8-4-7-13(27)16(28)23-9-12-5-2-1-3-6-12/h1-3,5-6,11,13H,4,7-10H2,(H,23,28)/t13-/m1/s1. The number of aromatic nitrogens is 3. The van der Waals surface area contributed by atoms with E-state index in [0.29, 0.717) is 29.3 Å². The van der Waals surface area contributed by atoms with Gasteiger partial charge < -0.3 is 15.0 Å². The average Bonchev–Trinajstić information content (AvgIpc) is 3.37. The van der Waals surface area contributed by atoms with Crippen LogP contribution in [0.3, 0.4) is 0 Å². The Labute approximate surface area is 173 Å². The number of fused-ring (bicyclic) bond motifs is 1. The van der Waals surface area contributed by atoms with E-state index in [0.717, 1.165) is 29.6 Å². The smallest absolute Gasteiger partial charge is 0.422 e. The van der Waals surface area contributed by atoms with Gasteiger partial charge in [-0.05, 0) is 18.4 Å². The van der Waals surface area contributed by atoms with Gasteiger partial charge in [-0.15, -0.1) is 0 Å². The zero-order chi connectivity index (χ0) is 21.1. The Morgan fingerprint density at radius 3 is 2.83 bits per heavy atom. The van der Waals surface area contributed by atoms with Crippen molar-refractivity contribution in [3.8, 4) is 5.88 Å². The summed E-state index contributed by atoms with van der Waals surface area (Å²) in [6.45, 7) is -0.402. The molecule has 3 heterocycles. The van der Waals surface area contributed by atoms with Crippen molar-refractivity contribution in [2.75, 3.05) is 18.1 Å². The molecule has 0 aliphatic carbocycles. The molecule has 0 bridgehead atoms. The van der Waals surface area contributed by atoms with E-state index in [1.807, 2.05) is 35.2 Å². The van der Waals surface area contributed by atoms with Crippen molar-refractivity contribution in [1.82, 2.24) is 20.3 Å². The van der Waals surface area contributed by atoms with Crippen molar-refractivity contribution in [2.45, 2.75) is 31.6 Å². The highest BCUT2D eigenvalue weighted by molar-refractivity contribution is 7.22. The van der Waals surface area contributed by atoms with Crippen LogP contribution in [0.15, 0.2) is 36.7 Å². The Hall–Kier alpha value is -2.95. The summed E-state index contributed by atoms with van der Waals surface area (Å²) in [5, 5.41) is 3.45. The van der Waals surface area contributed by atoms with Gasteiger partial charge in [0.25, 0.3) is 0 Å². The molecule has 3 aromatic rings. The molecule has 1 aliphatic heterocycles. The molecule has 1 N–H and O–H groups in total. The zero-order valence-corrected chi connectivity index (χ0v) is 16.5. The quantitative estimate of drug-likeness (QED) is 0.637. The molecule has 1 saturated heterocycles. The molecular weight excluding hydrogens is 419 g/mol. The van der Waals surface area contributed by atoms with Crippen molar-refractivity contribution in [3.05, 3.63) is 42.2 Å². The van der Waals surface area contributed by atoms with Gasteiger partial charge >= 0.3 is 6.18 Å². The zero-order valence-electron chi connectivity index (χ0n) is 15.7. The van der Waals surface area contributed by atoms with E-state index in [-0.39, 0.29) is 17.4 Å². The maximum Gasteiger partial charge on any atom is 0.422 e. The first-order valence-corrected chi connectivity index (χ1v) is 10.1. The summed E-state index contributed by atoms with van der Waals surface area (Å²) in [6.07, 6.45) is -1.88. The van der Waals surface area contributed by atoms with Gasteiger partial charge in [-0.3, -0.25) is 4.79 Å². The largest absolute Gasteiger partial charge is 0.467 e. The summed E-state index contributed by atoms with van der Waals surface area (Å²) in [4.78, 5) is 26.8. The first-order chi connectivity index (χ1) is 14.4. The highest BCUT2D eigenvalue weighted by Crippen LogP contribution is 2.36. The second-order valence-electron chi connectivity index (χ2n) is 6.79. The number of alkyl halides is 3. The van der Waals surface area contributed by atoms with Crippen LogP contribution in [-0.2, 0) is 11.3 Å². The summed E-state index contributed by atoms with van der Waals surface area (Å²) < 4.78 is 42.6. The molecule has 4 rings (SSSR count). The monoisotopic (exact) mass is 437 g/mol. The van der Waals surface area contributed by atoms with E-state index < -0.39 is 18.8 Å².